The van der Waals surface area contributed by atoms with Crippen LogP contribution >= 0.6 is 15.9 Å². The third kappa shape index (κ3) is 3.29. The normalized spacial score (nSPS) is 16.6. The van der Waals surface area contributed by atoms with Gasteiger partial charge in [0, 0.05) is 18.8 Å². The van der Waals surface area contributed by atoms with Gasteiger partial charge in [0.1, 0.15) is 6.29 Å². The van der Waals surface area contributed by atoms with E-state index in [9.17, 15) is 9.18 Å². The van der Waals surface area contributed by atoms with Crippen LogP contribution in [-0.4, -0.2) is 26.1 Å². The first-order valence-electron chi connectivity index (χ1n) is 5.85. The molecule has 1 aromatic rings. The van der Waals surface area contributed by atoms with Crippen molar-refractivity contribution in [1.82, 2.24) is 0 Å². The number of hydrogen-bond acceptors (Lipinski definition) is 3. The Kier molecular flexibility index (Phi) is 4.72. The van der Waals surface area contributed by atoms with Crippen LogP contribution in [0, 0.1) is 11.7 Å². The number of ether oxygens (including phenoxy) is 2. The van der Waals surface area contributed by atoms with Crippen molar-refractivity contribution >= 4 is 22.2 Å². The minimum Gasteiger partial charge on any atom is -0.489 e. The Labute approximate surface area is 113 Å². The van der Waals surface area contributed by atoms with Crippen LogP contribution < -0.4 is 4.74 Å². The molecular formula is C13H14BrFO3. The molecule has 2 rings (SSSR count). The zero-order valence-corrected chi connectivity index (χ0v) is 11.4. The largest absolute Gasteiger partial charge is 0.489 e. The SMILES string of the molecule is O=Cc1cc(F)c(OCC2CCOCC2)c(Br)c1. The lowest BCUT2D eigenvalue weighted by Gasteiger charge is -2.22. The molecule has 3 nitrogen and oxygen atoms in total. The third-order valence-corrected chi connectivity index (χ3v) is 3.55. The summed E-state index contributed by atoms with van der Waals surface area (Å²) in [6.07, 6.45) is 2.48. The van der Waals surface area contributed by atoms with Gasteiger partial charge in [-0.1, -0.05) is 0 Å². The van der Waals surface area contributed by atoms with E-state index in [-0.39, 0.29) is 11.3 Å². The summed E-state index contributed by atoms with van der Waals surface area (Å²) < 4.78 is 24.9. The minimum absolute atomic E-state index is 0.173. The van der Waals surface area contributed by atoms with Gasteiger partial charge in [-0.25, -0.2) is 4.39 Å². The molecule has 1 saturated heterocycles. The van der Waals surface area contributed by atoms with Crippen molar-refractivity contribution in [2.75, 3.05) is 19.8 Å². The van der Waals surface area contributed by atoms with Gasteiger partial charge in [0.25, 0.3) is 0 Å². The summed E-state index contributed by atoms with van der Waals surface area (Å²) in [4.78, 5) is 10.6. The predicted octanol–water partition coefficient (Wildman–Crippen LogP) is 3.21. The standard InChI is InChI=1S/C13H14BrFO3/c14-11-5-10(7-16)6-12(15)13(11)18-8-9-1-3-17-4-2-9/h5-7,9H,1-4,8H2. The van der Waals surface area contributed by atoms with E-state index >= 15 is 0 Å². The van der Waals surface area contributed by atoms with Gasteiger partial charge in [0.15, 0.2) is 11.6 Å². The van der Waals surface area contributed by atoms with Crippen molar-refractivity contribution in [3.05, 3.63) is 28.0 Å². The Hall–Kier alpha value is -0.940. The molecule has 0 spiro atoms. The maximum Gasteiger partial charge on any atom is 0.169 e. The molecule has 1 heterocycles. The van der Waals surface area contributed by atoms with Crippen molar-refractivity contribution in [3.8, 4) is 5.75 Å². The van der Waals surface area contributed by atoms with Gasteiger partial charge in [0.2, 0.25) is 0 Å². The maximum atomic E-state index is 13.7. The topological polar surface area (TPSA) is 35.5 Å². The second-order valence-electron chi connectivity index (χ2n) is 4.30. The van der Waals surface area contributed by atoms with Crippen LogP contribution in [0.5, 0.6) is 5.75 Å². The molecular weight excluding hydrogens is 303 g/mol. The predicted molar refractivity (Wildman–Crippen MR) is 68.5 cm³/mol. The lowest BCUT2D eigenvalue weighted by atomic mass is 10.0. The summed E-state index contributed by atoms with van der Waals surface area (Å²) in [5.74, 6) is 0.0569. The van der Waals surface area contributed by atoms with Gasteiger partial charge >= 0.3 is 0 Å². The quantitative estimate of drug-likeness (QED) is 0.800. The lowest BCUT2D eigenvalue weighted by molar-refractivity contribution is 0.0490. The molecule has 0 N–H and O–H groups in total. The highest BCUT2D eigenvalue weighted by Gasteiger charge is 2.17. The van der Waals surface area contributed by atoms with E-state index in [1.807, 2.05) is 0 Å². The van der Waals surface area contributed by atoms with Gasteiger partial charge in [-0.2, -0.15) is 0 Å². The Morgan fingerprint density at radius 1 is 1.44 bits per heavy atom. The van der Waals surface area contributed by atoms with Crippen LogP contribution in [0.25, 0.3) is 0 Å². The van der Waals surface area contributed by atoms with E-state index in [2.05, 4.69) is 15.9 Å². The fourth-order valence-electron chi connectivity index (χ4n) is 1.90. The molecule has 0 aromatic heterocycles. The maximum absolute atomic E-state index is 13.7. The van der Waals surface area contributed by atoms with Crippen LogP contribution in [0.4, 0.5) is 4.39 Å². The number of carbonyl (C=O) groups is 1. The van der Waals surface area contributed by atoms with E-state index in [1.54, 1.807) is 6.07 Å². The molecule has 1 aromatic carbocycles. The molecule has 0 amide bonds. The molecule has 0 saturated carbocycles. The van der Waals surface area contributed by atoms with Crippen molar-refractivity contribution in [3.63, 3.8) is 0 Å². The summed E-state index contributed by atoms with van der Waals surface area (Å²) >= 11 is 3.22. The summed E-state index contributed by atoms with van der Waals surface area (Å²) in [7, 11) is 0. The average molecular weight is 317 g/mol. The fraction of sp³-hybridized carbons (Fsp3) is 0.462. The van der Waals surface area contributed by atoms with Crippen LogP contribution in [0.2, 0.25) is 0 Å². The Morgan fingerprint density at radius 2 is 2.17 bits per heavy atom. The fourth-order valence-corrected chi connectivity index (χ4v) is 2.47. The molecule has 0 unspecified atom stereocenters. The highest BCUT2D eigenvalue weighted by atomic mass is 79.9. The number of rotatable bonds is 4. The smallest absolute Gasteiger partial charge is 0.169 e. The highest BCUT2D eigenvalue weighted by molar-refractivity contribution is 9.10. The zero-order valence-electron chi connectivity index (χ0n) is 9.83. The minimum atomic E-state index is -0.515. The molecule has 18 heavy (non-hydrogen) atoms. The number of halogens is 2. The van der Waals surface area contributed by atoms with Gasteiger partial charge in [0.05, 0.1) is 11.1 Å². The Morgan fingerprint density at radius 3 is 2.78 bits per heavy atom. The summed E-state index contributed by atoms with van der Waals surface area (Å²) in [6.45, 7) is 1.95. The molecule has 98 valence electrons. The first kappa shape index (κ1) is 13.5. The number of aldehydes is 1. The Balaban J connectivity index is 2.02. The van der Waals surface area contributed by atoms with Crippen LogP contribution in [0.15, 0.2) is 16.6 Å². The first-order chi connectivity index (χ1) is 8.70. The van der Waals surface area contributed by atoms with Crippen molar-refractivity contribution in [2.45, 2.75) is 12.8 Å². The Bertz CT molecular complexity index is 407. The highest BCUT2D eigenvalue weighted by Crippen LogP contribution is 2.30. The number of carbonyl (C=O) groups excluding carboxylic acids is 1. The van der Waals surface area contributed by atoms with Crippen LogP contribution in [0.1, 0.15) is 23.2 Å². The van der Waals surface area contributed by atoms with Crippen LogP contribution in [-0.2, 0) is 4.74 Å². The van der Waals surface area contributed by atoms with Crippen molar-refractivity contribution < 1.29 is 18.7 Å². The molecule has 0 aliphatic carbocycles. The summed E-state index contributed by atoms with van der Waals surface area (Å²) in [6, 6.07) is 2.73. The van der Waals surface area contributed by atoms with Gasteiger partial charge in [-0.3, -0.25) is 4.79 Å². The van der Waals surface area contributed by atoms with Gasteiger partial charge < -0.3 is 9.47 Å². The molecule has 5 heteroatoms. The molecule has 1 aliphatic heterocycles. The molecule has 0 radical (unpaired) electrons. The molecule has 1 fully saturated rings. The second-order valence-corrected chi connectivity index (χ2v) is 5.15. The zero-order chi connectivity index (χ0) is 13.0. The van der Waals surface area contributed by atoms with E-state index in [0.717, 1.165) is 26.1 Å². The summed E-state index contributed by atoms with van der Waals surface area (Å²) in [5, 5.41) is 0. The lowest BCUT2D eigenvalue weighted by Crippen LogP contribution is -2.21. The van der Waals surface area contributed by atoms with E-state index < -0.39 is 5.82 Å². The number of hydrogen-bond donors (Lipinski definition) is 0. The molecule has 0 bridgehead atoms. The van der Waals surface area contributed by atoms with E-state index in [0.29, 0.717) is 23.3 Å². The second kappa shape index (κ2) is 6.29. The number of benzene rings is 1. The van der Waals surface area contributed by atoms with Crippen molar-refractivity contribution in [1.29, 1.82) is 0 Å². The van der Waals surface area contributed by atoms with Gasteiger partial charge in [-0.15, -0.1) is 0 Å². The first-order valence-corrected chi connectivity index (χ1v) is 6.64. The third-order valence-electron chi connectivity index (χ3n) is 2.96. The van der Waals surface area contributed by atoms with Gasteiger partial charge in [-0.05, 0) is 46.8 Å². The summed E-state index contributed by atoms with van der Waals surface area (Å²) in [5.41, 5.74) is 0.290. The van der Waals surface area contributed by atoms with E-state index in [1.165, 1.54) is 6.07 Å². The molecule has 1 aliphatic rings. The van der Waals surface area contributed by atoms with E-state index in [4.69, 9.17) is 9.47 Å². The average Bonchev–Trinajstić information content (AvgIpc) is 2.38. The van der Waals surface area contributed by atoms with Crippen molar-refractivity contribution in [2.24, 2.45) is 5.92 Å². The molecule has 0 atom stereocenters. The van der Waals surface area contributed by atoms with Crippen LogP contribution in [0.3, 0.4) is 0 Å². The monoisotopic (exact) mass is 316 g/mol.